The summed E-state index contributed by atoms with van der Waals surface area (Å²) < 4.78 is 31.8. The van der Waals surface area contributed by atoms with Gasteiger partial charge in [-0.05, 0) is 18.2 Å². The zero-order valence-corrected chi connectivity index (χ0v) is 10.2. The first-order chi connectivity index (χ1) is 7.54. The number of anilines is 1. The van der Waals surface area contributed by atoms with E-state index in [0.717, 1.165) is 0 Å². The second-order valence-electron chi connectivity index (χ2n) is 3.29. The van der Waals surface area contributed by atoms with Crippen LogP contribution < -0.4 is 13.8 Å². The van der Waals surface area contributed by atoms with Crippen molar-refractivity contribution in [2.24, 2.45) is 0 Å². The van der Waals surface area contributed by atoms with Gasteiger partial charge in [0.1, 0.15) is 5.75 Å². The number of halogens is 1. The molecule has 0 unspecified atom stereocenters. The van der Waals surface area contributed by atoms with E-state index in [0.29, 0.717) is 29.5 Å². The Kier molecular flexibility index (Phi) is 2.96. The van der Waals surface area contributed by atoms with Crippen molar-refractivity contribution >= 4 is 27.5 Å². The molecule has 0 aromatic heterocycles. The lowest BCUT2D eigenvalue weighted by molar-refractivity contribution is 0.415. The lowest BCUT2D eigenvalue weighted by Gasteiger charge is -2.16. The fourth-order valence-electron chi connectivity index (χ4n) is 1.55. The number of ether oxygens (including phenoxy) is 1. The van der Waals surface area contributed by atoms with E-state index in [1.54, 1.807) is 18.2 Å². The predicted octanol–water partition coefficient (Wildman–Crippen LogP) is 1.00. The summed E-state index contributed by atoms with van der Waals surface area (Å²) in [6.07, 6.45) is 0. The lowest BCUT2D eigenvalue weighted by atomic mass is 10.3. The maximum Gasteiger partial charge on any atom is 0.301 e. The second-order valence-corrected chi connectivity index (χ2v) is 5.38. The van der Waals surface area contributed by atoms with Gasteiger partial charge in [-0.15, -0.1) is 0 Å². The van der Waals surface area contributed by atoms with Crippen LogP contribution in [0.1, 0.15) is 0 Å². The molecule has 2 rings (SSSR count). The predicted molar refractivity (Wildman–Crippen MR) is 62.3 cm³/mol. The van der Waals surface area contributed by atoms with Crippen LogP contribution in [0.25, 0.3) is 0 Å². The van der Waals surface area contributed by atoms with Crippen LogP contribution in [-0.4, -0.2) is 28.6 Å². The largest absolute Gasteiger partial charge is 0.495 e. The summed E-state index contributed by atoms with van der Waals surface area (Å²) in [6, 6.07) is 4.88. The van der Waals surface area contributed by atoms with Gasteiger partial charge in [0.15, 0.2) is 0 Å². The summed E-state index contributed by atoms with van der Waals surface area (Å²) in [5.41, 5.74) is 0.538. The Hall–Kier alpha value is -0.980. The van der Waals surface area contributed by atoms with Crippen molar-refractivity contribution in [2.45, 2.75) is 0 Å². The molecule has 0 spiro atoms. The highest BCUT2D eigenvalue weighted by Crippen LogP contribution is 2.30. The zero-order valence-electron chi connectivity index (χ0n) is 8.60. The van der Waals surface area contributed by atoms with Crippen molar-refractivity contribution in [3.05, 3.63) is 23.2 Å². The molecule has 0 bridgehead atoms. The topological polar surface area (TPSA) is 58.6 Å². The molecule has 1 heterocycles. The second kappa shape index (κ2) is 4.12. The highest BCUT2D eigenvalue weighted by Gasteiger charge is 2.28. The van der Waals surface area contributed by atoms with Crippen molar-refractivity contribution in [1.82, 2.24) is 4.72 Å². The molecule has 88 valence electrons. The molecule has 0 amide bonds. The van der Waals surface area contributed by atoms with Crippen LogP contribution in [0, 0.1) is 0 Å². The number of hydrogen-bond donors (Lipinski definition) is 1. The molecule has 1 aromatic carbocycles. The molecule has 0 saturated carbocycles. The van der Waals surface area contributed by atoms with Gasteiger partial charge in [-0.2, -0.15) is 13.1 Å². The Morgan fingerprint density at radius 1 is 1.50 bits per heavy atom. The average Bonchev–Trinajstić information content (AvgIpc) is 2.58. The molecule has 1 aromatic rings. The first-order valence-electron chi connectivity index (χ1n) is 4.65. The first-order valence-corrected chi connectivity index (χ1v) is 6.47. The summed E-state index contributed by atoms with van der Waals surface area (Å²) in [5.74, 6) is 0.523. The minimum absolute atomic E-state index is 0.391. The summed E-state index contributed by atoms with van der Waals surface area (Å²) in [4.78, 5) is 0. The van der Waals surface area contributed by atoms with Crippen LogP contribution in [0.3, 0.4) is 0 Å². The van der Waals surface area contributed by atoms with E-state index in [1.165, 1.54) is 11.4 Å². The Morgan fingerprint density at radius 2 is 2.25 bits per heavy atom. The van der Waals surface area contributed by atoms with Gasteiger partial charge in [0.25, 0.3) is 0 Å². The molecule has 1 aliphatic rings. The Balaban J connectivity index is 2.39. The third-order valence-corrected chi connectivity index (χ3v) is 4.15. The van der Waals surface area contributed by atoms with Crippen LogP contribution in [0.15, 0.2) is 18.2 Å². The molecule has 0 radical (unpaired) electrons. The van der Waals surface area contributed by atoms with Crippen LogP contribution in [0.2, 0.25) is 5.02 Å². The third kappa shape index (κ3) is 1.95. The van der Waals surface area contributed by atoms with Crippen molar-refractivity contribution < 1.29 is 13.2 Å². The van der Waals surface area contributed by atoms with E-state index in [2.05, 4.69) is 4.72 Å². The summed E-state index contributed by atoms with van der Waals surface area (Å²) in [6.45, 7) is 0.816. The summed E-state index contributed by atoms with van der Waals surface area (Å²) in [7, 11) is -1.88. The molecular formula is C9H11ClN2O3S. The maximum absolute atomic E-state index is 11.6. The van der Waals surface area contributed by atoms with Gasteiger partial charge in [-0.3, -0.25) is 4.31 Å². The van der Waals surface area contributed by atoms with Crippen molar-refractivity contribution in [2.75, 3.05) is 24.5 Å². The number of methoxy groups -OCH3 is 1. The number of rotatable bonds is 2. The normalized spacial score (nSPS) is 18.8. The molecule has 1 aliphatic heterocycles. The highest BCUT2D eigenvalue weighted by molar-refractivity contribution is 7.91. The Morgan fingerprint density at radius 3 is 2.75 bits per heavy atom. The molecule has 0 aliphatic carbocycles. The molecule has 16 heavy (non-hydrogen) atoms. The van der Waals surface area contributed by atoms with E-state index in [9.17, 15) is 8.42 Å². The number of hydrogen-bond acceptors (Lipinski definition) is 3. The fourth-order valence-corrected chi connectivity index (χ4v) is 3.03. The SMILES string of the molecule is COc1ccc(N2CCNS2(=O)=O)cc1Cl. The van der Waals surface area contributed by atoms with E-state index < -0.39 is 10.2 Å². The van der Waals surface area contributed by atoms with Crippen LogP contribution >= 0.6 is 11.6 Å². The van der Waals surface area contributed by atoms with Crippen LogP contribution in [0.4, 0.5) is 5.69 Å². The van der Waals surface area contributed by atoms with E-state index in [1.807, 2.05) is 0 Å². The molecule has 1 saturated heterocycles. The Labute approximate surface area is 99.1 Å². The number of nitrogens with zero attached hydrogens (tertiary/aromatic N) is 1. The van der Waals surface area contributed by atoms with Gasteiger partial charge in [-0.25, -0.2) is 0 Å². The van der Waals surface area contributed by atoms with E-state index in [-0.39, 0.29) is 0 Å². The maximum atomic E-state index is 11.6. The van der Waals surface area contributed by atoms with E-state index >= 15 is 0 Å². The van der Waals surface area contributed by atoms with Gasteiger partial charge in [0.05, 0.1) is 17.8 Å². The number of benzene rings is 1. The molecule has 1 fully saturated rings. The zero-order chi connectivity index (χ0) is 11.8. The van der Waals surface area contributed by atoms with Gasteiger partial charge < -0.3 is 4.74 Å². The summed E-state index contributed by atoms with van der Waals surface area (Å²) >= 11 is 5.93. The van der Waals surface area contributed by atoms with Crippen molar-refractivity contribution in [3.8, 4) is 5.75 Å². The molecule has 0 atom stereocenters. The number of nitrogens with one attached hydrogen (secondary N) is 1. The minimum Gasteiger partial charge on any atom is -0.495 e. The van der Waals surface area contributed by atoms with Gasteiger partial charge in [-0.1, -0.05) is 11.6 Å². The third-order valence-electron chi connectivity index (χ3n) is 2.31. The Bertz CT molecular complexity index is 503. The quantitative estimate of drug-likeness (QED) is 0.865. The minimum atomic E-state index is -3.39. The summed E-state index contributed by atoms with van der Waals surface area (Å²) in [5, 5.41) is 0.391. The first kappa shape index (κ1) is 11.5. The standard InChI is InChI=1S/C9H11ClN2O3S/c1-15-9-3-2-7(6-8(9)10)12-5-4-11-16(12,13)14/h2-3,6,11H,4-5H2,1H3. The van der Waals surface area contributed by atoms with Gasteiger partial charge >= 0.3 is 10.2 Å². The van der Waals surface area contributed by atoms with E-state index in [4.69, 9.17) is 16.3 Å². The average molecular weight is 263 g/mol. The van der Waals surface area contributed by atoms with Crippen LogP contribution in [0.5, 0.6) is 5.75 Å². The fraction of sp³-hybridized carbons (Fsp3) is 0.333. The molecule has 1 N–H and O–H groups in total. The molecular weight excluding hydrogens is 252 g/mol. The van der Waals surface area contributed by atoms with Gasteiger partial charge in [0.2, 0.25) is 0 Å². The van der Waals surface area contributed by atoms with Gasteiger partial charge in [0, 0.05) is 13.1 Å². The van der Waals surface area contributed by atoms with Crippen molar-refractivity contribution in [3.63, 3.8) is 0 Å². The molecule has 7 heteroatoms. The smallest absolute Gasteiger partial charge is 0.301 e. The van der Waals surface area contributed by atoms with Crippen molar-refractivity contribution in [1.29, 1.82) is 0 Å². The monoisotopic (exact) mass is 262 g/mol. The lowest BCUT2D eigenvalue weighted by Crippen LogP contribution is -2.29. The molecule has 5 nitrogen and oxygen atoms in total. The highest BCUT2D eigenvalue weighted by atomic mass is 35.5. The van der Waals surface area contributed by atoms with Crippen LogP contribution in [-0.2, 0) is 10.2 Å².